The average molecular weight is 267 g/mol. The molecule has 0 saturated heterocycles. The maximum Gasteiger partial charge on any atom is 0.0576 e. The van der Waals surface area contributed by atoms with E-state index in [-0.39, 0.29) is 6.04 Å². The molecule has 1 nitrogen and oxygen atoms in total. The van der Waals surface area contributed by atoms with Gasteiger partial charge in [0.1, 0.15) is 0 Å². The number of nitrogens with one attached hydrogen (secondary N) is 1. The Bertz CT molecular complexity index is 499. The second-order valence-electron chi connectivity index (χ2n) is 5.74. The van der Waals surface area contributed by atoms with Gasteiger partial charge in [-0.3, -0.25) is 0 Å². The summed E-state index contributed by atoms with van der Waals surface area (Å²) < 4.78 is 0. The summed E-state index contributed by atoms with van der Waals surface area (Å²) in [6.07, 6.45) is 1.15. The molecule has 106 valence electrons. The standard InChI is InChI=1S/C19H25N/c1-4-20-19(17-8-6-5-7-9-17)18-12-10-16(11-13-18)14-15(2)3/h5-13,15,19-20H,4,14H2,1-3H3. The maximum absolute atomic E-state index is 3.58. The second-order valence-corrected chi connectivity index (χ2v) is 5.74. The lowest BCUT2D eigenvalue weighted by Crippen LogP contribution is -2.21. The number of benzene rings is 2. The van der Waals surface area contributed by atoms with E-state index in [2.05, 4.69) is 80.7 Å². The summed E-state index contributed by atoms with van der Waals surface area (Å²) in [5, 5.41) is 3.58. The number of hydrogen-bond donors (Lipinski definition) is 1. The van der Waals surface area contributed by atoms with Crippen LogP contribution in [0.25, 0.3) is 0 Å². The zero-order valence-electron chi connectivity index (χ0n) is 12.8. The fraction of sp³-hybridized carbons (Fsp3) is 0.368. The fourth-order valence-corrected chi connectivity index (χ4v) is 2.60. The third-order valence-electron chi connectivity index (χ3n) is 3.50. The van der Waals surface area contributed by atoms with Crippen LogP contribution < -0.4 is 5.32 Å². The first-order valence-corrected chi connectivity index (χ1v) is 7.58. The van der Waals surface area contributed by atoms with Crippen LogP contribution in [0.15, 0.2) is 54.6 Å². The molecule has 0 aliphatic heterocycles. The van der Waals surface area contributed by atoms with Gasteiger partial charge in [0.2, 0.25) is 0 Å². The molecule has 1 heteroatoms. The lowest BCUT2D eigenvalue weighted by Gasteiger charge is -2.19. The first-order valence-electron chi connectivity index (χ1n) is 7.58. The Labute approximate surface area is 123 Å². The van der Waals surface area contributed by atoms with E-state index in [0.717, 1.165) is 13.0 Å². The topological polar surface area (TPSA) is 12.0 Å². The van der Waals surface area contributed by atoms with E-state index < -0.39 is 0 Å². The third kappa shape index (κ3) is 3.94. The maximum atomic E-state index is 3.58. The van der Waals surface area contributed by atoms with E-state index in [1.807, 2.05) is 0 Å². The molecule has 2 aromatic carbocycles. The molecule has 0 heterocycles. The fourth-order valence-electron chi connectivity index (χ4n) is 2.60. The van der Waals surface area contributed by atoms with Crippen LogP contribution in [0.4, 0.5) is 0 Å². The van der Waals surface area contributed by atoms with Crippen LogP contribution >= 0.6 is 0 Å². The molecular weight excluding hydrogens is 242 g/mol. The zero-order valence-corrected chi connectivity index (χ0v) is 12.8. The van der Waals surface area contributed by atoms with E-state index >= 15 is 0 Å². The van der Waals surface area contributed by atoms with Gasteiger partial charge in [-0.1, -0.05) is 75.4 Å². The van der Waals surface area contributed by atoms with Crippen molar-refractivity contribution >= 4 is 0 Å². The predicted octanol–water partition coefficient (Wildman–Crippen LogP) is 4.58. The van der Waals surface area contributed by atoms with E-state index in [1.54, 1.807) is 0 Å². The Morgan fingerprint density at radius 3 is 2.00 bits per heavy atom. The Balaban J connectivity index is 2.21. The van der Waals surface area contributed by atoms with Crippen LogP contribution in [-0.2, 0) is 6.42 Å². The summed E-state index contributed by atoms with van der Waals surface area (Å²) in [6.45, 7) is 7.65. The number of rotatable bonds is 6. The highest BCUT2D eigenvalue weighted by Crippen LogP contribution is 2.22. The average Bonchev–Trinajstić information content (AvgIpc) is 2.46. The van der Waals surface area contributed by atoms with Gasteiger partial charge in [-0.15, -0.1) is 0 Å². The van der Waals surface area contributed by atoms with Gasteiger partial charge in [-0.25, -0.2) is 0 Å². The molecule has 1 atom stereocenters. The Kier molecular flexibility index (Phi) is 5.37. The van der Waals surface area contributed by atoms with Crippen LogP contribution in [0, 0.1) is 5.92 Å². The summed E-state index contributed by atoms with van der Waals surface area (Å²) in [5.74, 6) is 0.708. The molecule has 1 N–H and O–H groups in total. The highest BCUT2D eigenvalue weighted by Gasteiger charge is 2.12. The van der Waals surface area contributed by atoms with Crippen molar-refractivity contribution in [1.29, 1.82) is 0 Å². The molecule has 0 spiro atoms. The molecule has 0 saturated carbocycles. The molecule has 20 heavy (non-hydrogen) atoms. The third-order valence-corrected chi connectivity index (χ3v) is 3.50. The smallest absolute Gasteiger partial charge is 0.0576 e. The van der Waals surface area contributed by atoms with Crippen LogP contribution in [0.2, 0.25) is 0 Å². The van der Waals surface area contributed by atoms with Crippen LogP contribution in [-0.4, -0.2) is 6.54 Å². The molecule has 0 amide bonds. The van der Waals surface area contributed by atoms with Crippen LogP contribution in [0.5, 0.6) is 0 Å². The zero-order chi connectivity index (χ0) is 14.4. The SMILES string of the molecule is CCNC(c1ccccc1)c1ccc(CC(C)C)cc1. The largest absolute Gasteiger partial charge is 0.307 e. The molecule has 0 radical (unpaired) electrons. The lowest BCUT2D eigenvalue weighted by molar-refractivity contribution is 0.627. The minimum atomic E-state index is 0.286. The van der Waals surface area contributed by atoms with Crippen molar-refractivity contribution in [1.82, 2.24) is 5.32 Å². The molecule has 2 aromatic rings. The summed E-state index contributed by atoms with van der Waals surface area (Å²) in [6, 6.07) is 20.0. The van der Waals surface area contributed by atoms with Crippen molar-refractivity contribution in [3.63, 3.8) is 0 Å². The van der Waals surface area contributed by atoms with Crippen molar-refractivity contribution in [3.05, 3.63) is 71.3 Å². The highest BCUT2D eigenvalue weighted by atomic mass is 14.9. The first kappa shape index (κ1) is 14.8. The van der Waals surface area contributed by atoms with E-state index in [1.165, 1.54) is 16.7 Å². The van der Waals surface area contributed by atoms with Gasteiger partial charge in [0, 0.05) is 0 Å². The van der Waals surface area contributed by atoms with Crippen molar-refractivity contribution in [2.75, 3.05) is 6.54 Å². The van der Waals surface area contributed by atoms with Crippen molar-refractivity contribution in [2.24, 2.45) is 5.92 Å². The lowest BCUT2D eigenvalue weighted by atomic mass is 9.95. The first-order chi connectivity index (χ1) is 9.70. The summed E-state index contributed by atoms with van der Waals surface area (Å²) in [7, 11) is 0. The molecular formula is C19H25N. The van der Waals surface area contributed by atoms with Crippen LogP contribution in [0.3, 0.4) is 0 Å². The van der Waals surface area contributed by atoms with Gasteiger partial charge >= 0.3 is 0 Å². The van der Waals surface area contributed by atoms with Crippen molar-refractivity contribution in [3.8, 4) is 0 Å². The van der Waals surface area contributed by atoms with Gasteiger partial charge in [0.25, 0.3) is 0 Å². The predicted molar refractivity (Wildman–Crippen MR) is 86.9 cm³/mol. The van der Waals surface area contributed by atoms with Gasteiger partial charge in [0.15, 0.2) is 0 Å². The van der Waals surface area contributed by atoms with Gasteiger partial charge in [0.05, 0.1) is 6.04 Å². The van der Waals surface area contributed by atoms with E-state index in [4.69, 9.17) is 0 Å². The summed E-state index contributed by atoms with van der Waals surface area (Å²) in [5.41, 5.74) is 4.09. The molecule has 0 aliphatic rings. The summed E-state index contributed by atoms with van der Waals surface area (Å²) >= 11 is 0. The molecule has 2 rings (SSSR count). The van der Waals surface area contributed by atoms with E-state index in [0.29, 0.717) is 5.92 Å². The molecule has 0 aliphatic carbocycles. The molecule has 0 fully saturated rings. The van der Waals surface area contributed by atoms with Crippen molar-refractivity contribution < 1.29 is 0 Å². The van der Waals surface area contributed by atoms with E-state index in [9.17, 15) is 0 Å². The van der Waals surface area contributed by atoms with Crippen LogP contribution in [0.1, 0.15) is 43.5 Å². The second kappa shape index (κ2) is 7.25. The Morgan fingerprint density at radius 2 is 1.45 bits per heavy atom. The van der Waals surface area contributed by atoms with Gasteiger partial charge in [-0.05, 0) is 35.6 Å². The van der Waals surface area contributed by atoms with Gasteiger partial charge < -0.3 is 5.32 Å². The van der Waals surface area contributed by atoms with Gasteiger partial charge in [-0.2, -0.15) is 0 Å². The minimum absolute atomic E-state index is 0.286. The molecule has 0 aromatic heterocycles. The Hall–Kier alpha value is -1.60. The highest BCUT2D eigenvalue weighted by molar-refractivity contribution is 5.33. The quantitative estimate of drug-likeness (QED) is 0.807. The minimum Gasteiger partial charge on any atom is -0.307 e. The molecule has 1 unspecified atom stereocenters. The molecule has 0 bridgehead atoms. The van der Waals surface area contributed by atoms with Crippen molar-refractivity contribution in [2.45, 2.75) is 33.2 Å². The normalized spacial score (nSPS) is 12.6. The summed E-state index contributed by atoms with van der Waals surface area (Å²) in [4.78, 5) is 0. The monoisotopic (exact) mass is 267 g/mol. The number of hydrogen-bond acceptors (Lipinski definition) is 1. The Morgan fingerprint density at radius 1 is 0.850 bits per heavy atom.